The van der Waals surface area contributed by atoms with E-state index in [2.05, 4.69) is 40.4 Å². The summed E-state index contributed by atoms with van der Waals surface area (Å²) in [5, 5.41) is 0.154. The largest absolute Gasteiger partial charge is 0.509 e. The van der Waals surface area contributed by atoms with Gasteiger partial charge in [-0.25, -0.2) is 4.79 Å². The molecule has 136 valence electrons. The molecule has 0 radical (unpaired) electrons. The van der Waals surface area contributed by atoms with Gasteiger partial charge < -0.3 is 13.9 Å². The van der Waals surface area contributed by atoms with E-state index in [1.807, 2.05) is 27.7 Å². The predicted molar refractivity (Wildman–Crippen MR) is 98.3 cm³/mol. The molecule has 0 aromatic heterocycles. The average molecular weight is 345 g/mol. The molecule has 0 saturated heterocycles. The molecular formula is C18H36O4Si. The lowest BCUT2D eigenvalue weighted by molar-refractivity contribution is -0.0335. The SMILES string of the molecule is C=CC[C@H](C[C@H](C)O[Si](C)(C)C(C)(C)C)OC(=O)OC(C)(C)C. The van der Waals surface area contributed by atoms with Crippen LogP contribution in [0.3, 0.4) is 0 Å². The number of hydrogen-bond donors (Lipinski definition) is 0. The lowest BCUT2D eigenvalue weighted by atomic mass is 10.1. The second kappa shape index (κ2) is 8.33. The molecule has 0 aromatic carbocycles. The molecule has 0 spiro atoms. The first kappa shape index (κ1) is 22.2. The Bertz CT molecular complexity index is 391. The van der Waals surface area contributed by atoms with Crippen molar-refractivity contribution in [3.8, 4) is 0 Å². The van der Waals surface area contributed by atoms with E-state index < -0.39 is 20.1 Å². The lowest BCUT2D eigenvalue weighted by Gasteiger charge is -2.39. The van der Waals surface area contributed by atoms with Crippen LogP contribution in [0.2, 0.25) is 18.1 Å². The predicted octanol–water partition coefficient (Wildman–Crippen LogP) is 5.68. The fraction of sp³-hybridized carbons (Fsp3) is 0.833. The molecule has 0 aliphatic rings. The second-order valence-electron chi connectivity index (χ2n) is 8.65. The molecule has 0 N–H and O–H groups in total. The number of hydrogen-bond acceptors (Lipinski definition) is 4. The van der Waals surface area contributed by atoms with Gasteiger partial charge in [-0.1, -0.05) is 26.8 Å². The zero-order chi connectivity index (χ0) is 18.5. The molecule has 0 rings (SSSR count). The summed E-state index contributed by atoms with van der Waals surface area (Å²) in [6.45, 7) is 22.3. The smallest absolute Gasteiger partial charge is 0.431 e. The second-order valence-corrected chi connectivity index (χ2v) is 13.4. The molecule has 23 heavy (non-hydrogen) atoms. The summed E-state index contributed by atoms with van der Waals surface area (Å²) >= 11 is 0. The molecule has 2 atom stereocenters. The summed E-state index contributed by atoms with van der Waals surface area (Å²) in [7, 11) is -1.83. The van der Waals surface area contributed by atoms with Gasteiger partial charge in [0.05, 0.1) is 0 Å². The van der Waals surface area contributed by atoms with Crippen LogP contribution >= 0.6 is 0 Å². The molecule has 0 bridgehead atoms. The molecule has 4 nitrogen and oxygen atoms in total. The Balaban J connectivity index is 4.69. The third-order valence-electron chi connectivity index (χ3n) is 3.98. The third-order valence-corrected chi connectivity index (χ3v) is 8.58. The van der Waals surface area contributed by atoms with Gasteiger partial charge in [0.15, 0.2) is 8.32 Å². The van der Waals surface area contributed by atoms with Crippen LogP contribution in [0.15, 0.2) is 12.7 Å². The summed E-state index contributed by atoms with van der Waals surface area (Å²) < 4.78 is 17.0. The van der Waals surface area contributed by atoms with E-state index >= 15 is 0 Å². The minimum Gasteiger partial charge on any atom is -0.431 e. The van der Waals surface area contributed by atoms with Crippen molar-refractivity contribution in [2.45, 2.75) is 97.2 Å². The van der Waals surface area contributed by atoms with Crippen molar-refractivity contribution in [2.24, 2.45) is 0 Å². The van der Waals surface area contributed by atoms with Crippen LogP contribution in [0.4, 0.5) is 4.79 Å². The first-order valence-electron chi connectivity index (χ1n) is 8.36. The zero-order valence-corrected chi connectivity index (χ0v) is 17.5. The van der Waals surface area contributed by atoms with Crippen LogP contribution in [0.25, 0.3) is 0 Å². The van der Waals surface area contributed by atoms with Crippen molar-refractivity contribution >= 4 is 14.5 Å². The van der Waals surface area contributed by atoms with Crippen LogP contribution in [0.5, 0.6) is 0 Å². The molecule has 0 heterocycles. The van der Waals surface area contributed by atoms with Crippen LogP contribution < -0.4 is 0 Å². The van der Waals surface area contributed by atoms with E-state index in [1.165, 1.54) is 0 Å². The Morgan fingerprint density at radius 2 is 1.70 bits per heavy atom. The molecule has 0 unspecified atom stereocenters. The maximum absolute atomic E-state index is 11.9. The van der Waals surface area contributed by atoms with Crippen molar-refractivity contribution in [1.29, 1.82) is 0 Å². The lowest BCUT2D eigenvalue weighted by Crippen LogP contribution is -2.44. The Labute approximate surface area is 143 Å². The van der Waals surface area contributed by atoms with Crippen molar-refractivity contribution in [3.63, 3.8) is 0 Å². The highest BCUT2D eigenvalue weighted by Crippen LogP contribution is 2.37. The third kappa shape index (κ3) is 9.16. The van der Waals surface area contributed by atoms with Gasteiger partial charge in [-0.3, -0.25) is 0 Å². The van der Waals surface area contributed by atoms with Gasteiger partial charge in [-0.2, -0.15) is 0 Å². The van der Waals surface area contributed by atoms with Crippen LogP contribution in [0.1, 0.15) is 61.3 Å². The van der Waals surface area contributed by atoms with Gasteiger partial charge in [-0.15, -0.1) is 6.58 Å². The molecule has 0 amide bonds. The monoisotopic (exact) mass is 344 g/mol. The molecule has 5 heteroatoms. The summed E-state index contributed by atoms with van der Waals surface area (Å²) in [5.41, 5.74) is -0.556. The van der Waals surface area contributed by atoms with E-state index in [1.54, 1.807) is 6.08 Å². The Morgan fingerprint density at radius 1 is 1.17 bits per heavy atom. The molecular weight excluding hydrogens is 308 g/mol. The molecule has 0 fully saturated rings. The summed E-state index contributed by atoms with van der Waals surface area (Å²) in [5.74, 6) is 0. The highest BCUT2D eigenvalue weighted by molar-refractivity contribution is 6.74. The Kier molecular flexibility index (Phi) is 8.04. The van der Waals surface area contributed by atoms with Crippen LogP contribution in [-0.4, -0.2) is 32.3 Å². The van der Waals surface area contributed by atoms with E-state index in [4.69, 9.17) is 13.9 Å². The minimum absolute atomic E-state index is 0.0169. The molecule has 0 aliphatic heterocycles. The van der Waals surface area contributed by atoms with Gasteiger partial charge >= 0.3 is 6.16 Å². The van der Waals surface area contributed by atoms with Gasteiger partial charge in [0.1, 0.15) is 11.7 Å². The number of carbonyl (C=O) groups excluding carboxylic acids is 1. The first-order chi connectivity index (χ1) is 10.2. The fourth-order valence-electron chi connectivity index (χ4n) is 1.89. The maximum atomic E-state index is 11.9. The average Bonchev–Trinajstić information content (AvgIpc) is 2.23. The van der Waals surface area contributed by atoms with Crippen molar-refractivity contribution in [1.82, 2.24) is 0 Å². The van der Waals surface area contributed by atoms with E-state index in [0.717, 1.165) is 0 Å². The zero-order valence-electron chi connectivity index (χ0n) is 16.5. The summed E-state index contributed by atoms with van der Waals surface area (Å²) in [6, 6.07) is 0. The molecule has 0 aliphatic carbocycles. The van der Waals surface area contributed by atoms with E-state index in [0.29, 0.717) is 12.8 Å². The van der Waals surface area contributed by atoms with Gasteiger partial charge in [0.2, 0.25) is 0 Å². The summed E-state index contributed by atoms with van der Waals surface area (Å²) in [4.78, 5) is 11.9. The van der Waals surface area contributed by atoms with E-state index in [9.17, 15) is 4.79 Å². The van der Waals surface area contributed by atoms with Crippen molar-refractivity contribution in [3.05, 3.63) is 12.7 Å². The quantitative estimate of drug-likeness (QED) is 0.338. The fourth-order valence-corrected chi connectivity index (χ4v) is 3.34. The Morgan fingerprint density at radius 3 is 2.09 bits per heavy atom. The van der Waals surface area contributed by atoms with Crippen molar-refractivity contribution in [2.75, 3.05) is 0 Å². The normalized spacial score (nSPS) is 15.7. The Hall–Kier alpha value is -0.813. The minimum atomic E-state index is -1.83. The summed E-state index contributed by atoms with van der Waals surface area (Å²) in [6.07, 6.45) is 2.09. The topological polar surface area (TPSA) is 44.8 Å². The van der Waals surface area contributed by atoms with Crippen LogP contribution in [0, 0.1) is 0 Å². The van der Waals surface area contributed by atoms with Crippen molar-refractivity contribution < 1.29 is 18.7 Å². The number of rotatable bonds is 7. The van der Waals surface area contributed by atoms with Gasteiger partial charge in [-0.05, 0) is 45.8 Å². The molecule has 0 aromatic rings. The highest BCUT2D eigenvalue weighted by Gasteiger charge is 2.38. The number of ether oxygens (including phenoxy) is 2. The van der Waals surface area contributed by atoms with E-state index in [-0.39, 0.29) is 17.2 Å². The van der Waals surface area contributed by atoms with Gasteiger partial charge in [0, 0.05) is 18.9 Å². The standard InChI is InChI=1S/C18H36O4Si/c1-11-12-15(20-16(19)21-17(3,4)5)13-14(2)22-23(9,10)18(6,7)8/h11,14-15H,1,12-13H2,2-10H3/t14-,15+/m0/s1. The number of carbonyl (C=O) groups is 1. The maximum Gasteiger partial charge on any atom is 0.509 e. The molecule has 0 saturated carbocycles. The highest BCUT2D eigenvalue weighted by atomic mass is 28.4. The van der Waals surface area contributed by atoms with Gasteiger partial charge in [0.25, 0.3) is 0 Å². The first-order valence-corrected chi connectivity index (χ1v) is 11.3. The van der Waals surface area contributed by atoms with Crippen LogP contribution in [-0.2, 0) is 13.9 Å².